The topological polar surface area (TPSA) is 40.1 Å². The van der Waals surface area contributed by atoms with Crippen LogP contribution < -0.4 is 34.7 Å². The third-order valence-corrected chi connectivity index (χ3v) is 3.77. The molecule has 0 unspecified atom stereocenters. The predicted octanol–water partition coefficient (Wildman–Crippen LogP) is -0.506. The summed E-state index contributed by atoms with van der Waals surface area (Å²) < 4.78 is 0. The first-order chi connectivity index (χ1) is 8.16. The summed E-state index contributed by atoms with van der Waals surface area (Å²) >= 11 is 5.79. The van der Waals surface area contributed by atoms with E-state index in [1.165, 1.54) is 17.8 Å². The van der Waals surface area contributed by atoms with E-state index in [9.17, 15) is 9.90 Å². The summed E-state index contributed by atoms with van der Waals surface area (Å²) in [6, 6.07) is 14.5. The molecule has 2 nitrogen and oxygen atoms in total. The van der Waals surface area contributed by atoms with E-state index in [-0.39, 0.29) is 35.1 Å². The third-order valence-electron chi connectivity index (χ3n) is 2.17. The van der Waals surface area contributed by atoms with Crippen molar-refractivity contribution in [1.29, 1.82) is 0 Å². The summed E-state index contributed by atoms with van der Waals surface area (Å²) in [6.07, 6.45) is 0. The van der Waals surface area contributed by atoms with Crippen LogP contribution in [0.15, 0.2) is 63.2 Å². The van der Waals surface area contributed by atoms with Gasteiger partial charge in [-0.2, -0.15) is 0 Å². The van der Waals surface area contributed by atoms with E-state index in [1.54, 1.807) is 12.1 Å². The molecule has 0 N–H and O–H groups in total. The zero-order valence-electron chi connectivity index (χ0n) is 9.79. The zero-order chi connectivity index (χ0) is 12.3. The maximum Gasteiger partial charge on any atom is 1.00 e. The van der Waals surface area contributed by atoms with Crippen LogP contribution in [0.4, 0.5) is 0 Å². The van der Waals surface area contributed by atoms with Gasteiger partial charge in [0.1, 0.15) is 0 Å². The van der Waals surface area contributed by atoms with Crippen LogP contribution in [0.3, 0.4) is 0 Å². The number of thiol groups is 1. The first kappa shape index (κ1) is 15.7. The summed E-state index contributed by atoms with van der Waals surface area (Å²) in [6.45, 7) is 0. The Kier molecular flexibility index (Phi) is 6.32. The van der Waals surface area contributed by atoms with E-state index in [0.29, 0.717) is 0 Å². The molecule has 86 valence electrons. The Bertz CT molecular complexity index is 544. The van der Waals surface area contributed by atoms with E-state index in [4.69, 9.17) is 0 Å². The van der Waals surface area contributed by atoms with Gasteiger partial charge in [0.05, 0.1) is 5.97 Å². The number of hydrogen-bond donors (Lipinski definition) is 1. The first-order valence-corrected chi connectivity index (χ1v) is 6.20. The average molecular weight is 284 g/mol. The van der Waals surface area contributed by atoms with E-state index in [0.717, 1.165) is 14.7 Å². The normalized spacial score (nSPS) is 9.61. The quantitative estimate of drug-likeness (QED) is 0.610. The molecule has 0 saturated carbocycles. The first-order valence-electron chi connectivity index (χ1n) is 4.94. The summed E-state index contributed by atoms with van der Waals surface area (Å²) in [5.74, 6) is -1.17. The molecule has 0 bridgehead atoms. The molecule has 0 fully saturated rings. The molecule has 18 heavy (non-hydrogen) atoms. The van der Waals surface area contributed by atoms with Gasteiger partial charge in [-0.05, 0) is 29.8 Å². The van der Waals surface area contributed by atoms with E-state index >= 15 is 0 Å². The third kappa shape index (κ3) is 4.07. The van der Waals surface area contributed by atoms with E-state index < -0.39 is 5.97 Å². The average Bonchev–Trinajstić information content (AvgIpc) is 2.33. The number of aromatic carboxylic acids is 1. The van der Waals surface area contributed by atoms with Gasteiger partial charge < -0.3 is 9.90 Å². The van der Waals surface area contributed by atoms with Gasteiger partial charge in [-0.15, -0.1) is 12.6 Å². The Labute approximate surface area is 138 Å². The van der Waals surface area contributed by atoms with Crippen LogP contribution in [0.25, 0.3) is 0 Å². The Morgan fingerprint density at radius 2 is 1.78 bits per heavy atom. The Hall–Kier alpha value is -0.390. The second-order valence-corrected chi connectivity index (χ2v) is 4.98. The molecule has 2 aromatic carbocycles. The molecule has 5 heteroatoms. The maximum atomic E-state index is 10.8. The van der Waals surface area contributed by atoms with Crippen LogP contribution in [-0.2, 0) is 0 Å². The molecular weight excluding hydrogens is 275 g/mol. The summed E-state index contributed by atoms with van der Waals surface area (Å²) in [5.41, 5.74) is 0.168. The minimum atomic E-state index is -1.17. The fraction of sp³-hybridized carbons (Fsp3) is 0. The van der Waals surface area contributed by atoms with Gasteiger partial charge in [0.2, 0.25) is 0 Å². The number of hydrogen-bond acceptors (Lipinski definition) is 4. The van der Waals surface area contributed by atoms with Crippen molar-refractivity contribution in [3.63, 3.8) is 0 Å². The number of carboxylic acid groups (broad SMARTS) is 1. The smallest absolute Gasteiger partial charge is 0.545 e. The minimum absolute atomic E-state index is 0. The number of benzene rings is 2. The van der Waals surface area contributed by atoms with Crippen molar-refractivity contribution >= 4 is 30.4 Å². The minimum Gasteiger partial charge on any atom is -0.545 e. The van der Waals surface area contributed by atoms with Crippen molar-refractivity contribution in [3.05, 3.63) is 54.1 Å². The van der Waals surface area contributed by atoms with Crippen LogP contribution in [-0.4, -0.2) is 5.97 Å². The van der Waals surface area contributed by atoms with Crippen LogP contribution in [0, 0.1) is 0 Å². The second kappa shape index (κ2) is 7.26. The van der Waals surface area contributed by atoms with Gasteiger partial charge >= 0.3 is 29.6 Å². The zero-order valence-corrected chi connectivity index (χ0v) is 13.5. The summed E-state index contributed by atoms with van der Waals surface area (Å²) in [7, 11) is 0. The molecule has 2 aromatic rings. The fourth-order valence-electron chi connectivity index (χ4n) is 1.34. The molecule has 0 amide bonds. The van der Waals surface area contributed by atoms with Gasteiger partial charge in [0, 0.05) is 14.7 Å². The van der Waals surface area contributed by atoms with Crippen molar-refractivity contribution in [2.45, 2.75) is 14.7 Å². The summed E-state index contributed by atoms with van der Waals surface area (Å²) in [5, 5.41) is 10.8. The molecule has 0 heterocycles. The van der Waals surface area contributed by atoms with Crippen LogP contribution >= 0.6 is 24.4 Å². The molecule has 2 rings (SSSR count). The van der Waals surface area contributed by atoms with Crippen LogP contribution in [0.2, 0.25) is 0 Å². The largest absolute Gasteiger partial charge is 1.00 e. The van der Waals surface area contributed by atoms with E-state index in [1.807, 2.05) is 30.3 Å². The molecular formula is C13H9NaO2S2. The molecule has 0 aliphatic heterocycles. The standard InChI is InChI=1S/C13H10O2S2.Na/c14-13(15)9-6-7-11(16)12(8-9)17-10-4-2-1-3-5-10;/h1-8,16H,(H,14,15);/q;+1/p-1. The van der Waals surface area contributed by atoms with Gasteiger partial charge in [-0.1, -0.05) is 36.0 Å². The Morgan fingerprint density at radius 3 is 2.39 bits per heavy atom. The second-order valence-electron chi connectivity index (χ2n) is 3.39. The van der Waals surface area contributed by atoms with Gasteiger partial charge in [-0.3, -0.25) is 0 Å². The fourth-order valence-corrected chi connectivity index (χ4v) is 2.52. The van der Waals surface area contributed by atoms with Crippen molar-refractivity contribution in [3.8, 4) is 0 Å². The number of carboxylic acids is 1. The molecule has 0 aliphatic rings. The van der Waals surface area contributed by atoms with E-state index in [2.05, 4.69) is 12.6 Å². The molecule has 0 aliphatic carbocycles. The molecule has 0 saturated heterocycles. The molecule has 0 spiro atoms. The molecule has 0 atom stereocenters. The summed E-state index contributed by atoms with van der Waals surface area (Å²) in [4.78, 5) is 13.4. The maximum absolute atomic E-state index is 10.8. The molecule has 0 radical (unpaired) electrons. The van der Waals surface area contributed by atoms with Gasteiger partial charge in [-0.25, -0.2) is 0 Å². The Morgan fingerprint density at radius 1 is 1.11 bits per heavy atom. The van der Waals surface area contributed by atoms with Crippen molar-refractivity contribution in [1.82, 2.24) is 0 Å². The Balaban J connectivity index is 0.00000162. The van der Waals surface area contributed by atoms with Crippen molar-refractivity contribution < 1.29 is 39.5 Å². The predicted molar refractivity (Wildman–Crippen MR) is 68.6 cm³/mol. The molecule has 0 aromatic heterocycles. The van der Waals surface area contributed by atoms with Crippen molar-refractivity contribution in [2.24, 2.45) is 0 Å². The van der Waals surface area contributed by atoms with Gasteiger partial charge in [0.15, 0.2) is 0 Å². The SMILES string of the molecule is O=C([O-])c1ccc(S)c(Sc2ccccc2)c1.[Na+]. The number of carbonyl (C=O) groups is 1. The van der Waals surface area contributed by atoms with Crippen LogP contribution in [0.1, 0.15) is 10.4 Å². The van der Waals surface area contributed by atoms with Crippen LogP contribution in [0.5, 0.6) is 0 Å². The number of carbonyl (C=O) groups excluding carboxylic acids is 1. The van der Waals surface area contributed by atoms with Gasteiger partial charge in [0.25, 0.3) is 0 Å². The number of rotatable bonds is 3. The monoisotopic (exact) mass is 284 g/mol. The van der Waals surface area contributed by atoms with Crippen molar-refractivity contribution in [2.75, 3.05) is 0 Å².